The molecule has 1 N–H and O–H groups in total. The number of methoxy groups -OCH3 is 1. The second-order valence-electron chi connectivity index (χ2n) is 5.39. The van der Waals surface area contributed by atoms with E-state index in [1.165, 1.54) is 12.8 Å². The molecule has 0 bridgehead atoms. The molecule has 1 unspecified atom stereocenters. The molecule has 0 saturated carbocycles. The number of rotatable bonds is 6. The molecule has 1 aliphatic heterocycles. The van der Waals surface area contributed by atoms with Gasteiger partial charge in [0.25, 0.3) is 0 Å². The lowest BCUT2D eigenvalue weighted by molar-refractivity contribution is -0.130. The van der Waals surface area contributed by atoms with Crippen LogP contribution in [0, 0.1) is 0 Å². The van der Waals surface area contributed by atoms with E-state index < -0.39 is 0 Å². The van der Waals surface area contributed by atoms with Crippen LogP contribution in [0.2, 0.25) is 0 Å². The number of nitrogens with one attached hydrogen (secondary N) is 1. The van der Waals surface area contributed by atoms with Crippen LogP contribution in [0.5, 0.6) is 5.75 Å². The fourth-order valence-corrected chi connectivity index (χ4v) is 2.67. The summed E-state index contributed by atoms with van der Waals surface area (Å²) < 4.78 is 5.32. The van der Waals surface area contributed by atoms with Crippen LogP contribution in [-0.2, 0) is 11.3 Å². The Labute approximate surface area is 121 Å². The van der Waals surface area contributed by atoms with Gasteiger partial charge in [-0.2, -0.15) is 0 Å². The molecule has 4 heteroatoms. The zero-order valence-corrected chi connectivity index (χ0v) is 12.4. The number of para-hydroxylation sites is 1. The molecule has 1 saturated heterocycles. The molecule has 1 aromatic rings. The maximum Gasteiger partial charge on any atom is 0.222 e. The van der Waals surface area contributed by atoms with Gasteiger partial charge in [-0.3, -0.25) is 4.79 Å². The third-order valence-corrected chi connectivity index (χ3v) is 3.89. The summed E-state index contributed by atoms with van der Waals surface area (Å²) in [5.74, 6) is 1.04. The molecule has 0 spiro atoms. The Kier molecular flexibility index (Phi) is 5.41. The van der Waals surface area contributed by atoms with Gasteiger partial charge in [0.1, 0.15) is 5.75 Å². The molecule has 1 aromatic carbocycles. The fourth-order valence-electron chi connectivity index (χ4n) is 2.67. The van der Waals surface area contributed by atoms with Gasteiger partial charge in [-0.15, -0.1) is 0 Å². The molecule has 20 heavy (non-hydrogen) atoms. The Hall–Kier alpha value is -1.55. The first kappa shape index (κ1) is 14.9. The number of hydrogen-bond donors (Lipinski definition) is 1. The Morgan fingerprint density at radius 2 is 2.25 bits per heavy atom. The fraction of sp³-hybridized carbons (Fsp3) is 0.562. The van der Waals surface area contributed by atoms with Crippen molar-refractivity contribution in [2.45, 2.75) is 38.3 Å². The smallest absolute Gasteiger partial charge is 0.222 e. The van der Waals surface area contributed by atoms with Crippen molar-refractivity contribution < 1.29 is 9.53 Å². The highest BCUT2D eigenvalue weighted by Gasteiger charge is 2.17. The van der Waals surface area contributed by atoms with Crippen molar-refractivity contribution in [1.82, 2.24) is 10.2 Å². The summed E-state index contributed by atoms with van der Waals surface area (Å²) in [7, 11) is 3.52. The van der Waals surface area contributed by atoms with E-state index in [1.54, 1.807) is 12.0 Å². The zero-order valence-electron chi connectivity index (χ0n) is 12.4. The van der Waals surface area contributed by atoms with Crippen LogP contribution in [0.15, 0.2) is 24.3 Å². The lowest BCUT2D eigenvalue weighted by Crippen LogP contribution is -2.29. The lowest BCUT2D eigenvalue weighted by atomic mass is 10.1. The SMILES string of the molecule is COc1ccccc1CN(C)C(=O)CCC1CCCN1. The summed E-state index contributed by atoms with van der Waals surface area (Å²) in [5, 5.41) is 3.43. The Morgan fingerprint density at radius 3 is 2.95 bits per heavy atom. The zero-order chi connectivity index (χ0) is 14.4. The number of carbonyl (C=O) groups excluding carboxylic acids is 1. The van der Waals surface area contributed by atoms with Crippen LogP contribution in [0.1, 0.15) is 31.2 Å². The van der Waals surface area contributed by atoms with Gasteiger partial charge >= 0.3 is 0 Å². The number of carbonyl (C=O) groups is 1. The molecule has 0 aliphatic carbocycles. The van der Waals surface area contributed by atoms with Gasteiger partial charge in [-0.25, -0.2) is 0 Å². The maximum atomic E-state index is 12.2. The van der Waals surface area contributed by atoms with E-state index in [4.69, 9.17) is 4.74 Å². The minimum atomic E-state index is 0.199. The number of benzene rings is 1. The molecule has 2 rings (SSSR count). The summed E-state index contributed by atoms with van der Waals surface area (Å²) in [6.45, 7) is 1.69. The summed E-state index contributed by atoms with van der Waals surface area (Å²) in [5.41, 5.74) is 1.05. The quantitative estimate of drug-likeness (QED) is 0.866. The average Bonchev–Trinajstić information content (AvgIpc) is 2.98. The summed E-state index contributed by atoms with van der Waals surface area (Å²) >= 11 is 0. The highest BCUT2D eigenvalue weighted by Crippen LogP contribution is 2.19. The first-order valence-corrected chi connectivity index (χ1v) is 7.30. The minimum Gasteiger partial charge on any atom is -0.496 e. The van der Waals surface area contributed by atoms with Crippen molar-refractivity contribution in [2.75, 3.05) is 20.7 Å². The van der Waals surface area contributed by atoms with Crippen LogP contribution in [0.4, 0.5) is 0 Å². The molecule has 1 amide bonds. The second-order valence-corrected chi connectivity index (χ2v) is 5.39. The van der Waals surface area contributed by atoms with Crippen molar-refractivity contribution in [2.24, 2.45) is 0 Å². The van der Waals surface area contributed by atoms with Crippen LogP contribution < -0.4 is 10.1 Å². The van der Waals surface area contributed by atoms with Gasteiger partial charge in [0, 0.05) is 31.6 Å². The predicted octanol–water partition coefficient (Wildman–Crippen LogP) is 2.19. The van der Waals surface area contributed by atoms with Crippen molar-refractivity contribution in [3.63, 3.8) is 0 Å². The van der Waals surface area contributed by atoms with Crippen molar-refractivity contribution in [3.05, 3.63) is 29.8 Å². The van der Waals surface area contributed by atoms with Crippen molar-refractivity contribution in [1.29, 1.82) is 0 Å². The number of ether oxygens (including phenoxy) is 1. The van der Waals surface area contributed by atoms with E-state index in [-0.39, 0.29) is 5.91 Å². The van der Waals surface area contributed by atoms with Crippen LogP contribution in [-0.4, -0.2) is 37.6 Å². The number of nitrogens with zero attached hydrogens (tertiary/aromatic N) is 1. The van der Waals surface area contributed by atoms with Crippen molar-refractivity contribution in [3.8, 4) is 5.75 Å². The molecule has 0 radical (unpaired) electrons. The largest absolute Gasteiger partial charge is 0.496 e. The predicted molar refractivity (Wildman–Crippen MR) is 79.7 cm³/mol. The van der Waals surface area contributed by atoms with E-state index in [9.17, 15) is 4.79 Å². The van der Waals surface area contributed by atoms with Crippen LogP contribution in [0.3, 0.4) is 0 Å². The van der Waals surface area contributed by atoms with Gasteiger partial charge in [0.15, 0.2) is 0 Å². The first-order chi connectivity index (χ1) is 9.70. The molecule has 1 aliphatic rings. The first-order valence-electron chi connectivity index (χ1n) is 7.30. The van der Waals surface area contributed by atoms with E-state index in [0.29, 0.717) is 19.0 Å². The van der Waals surface area contributed by atoms with E-state index in [2.05, 4.69) is 5.32 Å². The molecule has 110 valence electrons. The van der Waals surface area contributed by atoms with E-state index in [0.717, 1.165) is 24.3 Å². The monoisotopic (exact) mass is 276 g/mol. The molecule has 1 fully saturated rings. The Morgan fingerprint density at radius 1 is 1.45 bits per heavy atom. The standard InChI is InChI=1S/C16H24N2O2/c1-18(12-13-6-3-4-8-15(13)20-2)16(19)10-9-14-7-5-11-17-14/h3-4,6,8,14,17H,5,7,9-12H2,1-2H3. The lowest BCUT2D eigenvalue weighted by Gasteiger charge is -2.19. The molecule has 1 atom stereocenters. The summed E-state index contributed by atoms with van der Waals surface area (Å²) in [4.78, 5) is 13.9. The third-order valence-electron chi connectivity index (χ3n) is 3.89. The normalized spacial score (nSPS) is 18.0. The van der Waals surface area contributed by atoms with Gasteiger partial charge in [-0.05, 0) is 31.9 Å². The third kappa shape index (κ3) is 3.97. The number of hydrogen-bond acceptors (Lipinski definition) is 3. The molecule has 0 aromatic heterocycles. The van der Waals surface area contributed by atoms with E-state index in [1.807, 2.05) is 31.3 Å². The highest BCUT2D eigenvalue weighted by atomic mass is 16.5. The van der Waals surface area contributed by atoms with Gasteiger partial charge in [0.05, 0.1) is 7.11 Å². The van der Waals surface area contributed by atoms with Gasteiger partial charge < -0.3 is 15.0 Å². The van der Waals surface area contributed by atoms with Gasteiger partial charge in [0.2, 0.25) is 5.91 Å². The summed E-state index contributed by atoms with van der Waals surface area (Å²) in [6, 6.07) is 8.37. The Bertz CT molecular complexity index is 442. The molecular weight excluding hydrogens is 252 g/mol. The Balaban J connectivity index is 1.83. The topological polar surface area (TPSA) is 41.6 Å². The van der Waals surface area contributed by atoms with Crippen LogP contribution >= 0.6 is 0 Å². The maximum absolute atomic E-state index is 12.2. The van der Waals surface area contributed by atoms with Crippen molar-refractivity contribution >= 4 is 5.91 Å². The summed E-state index contributed by atoms with van der Waals surface area (Å²) in [6.07, 6.45) is 3.98. The highest BCUT2D eigenvalue weighted by molar-refractivity contribution is 5.76. The number of amides is 1. The minimum absolute atomic E-state index is 0.199. The average molecular weight is 276 g/mol. The van der Waals surface area contributed by atoms with Gasteiger partial charge in [-0.1, -0.05) is 18.2 Å². The van der Waals surface area contributed by atoms with Crippen LogP contribution in [0.25, 0.3) is 0 Å². The molecule has 4 nitrogen and oxygen atoms in total. The van der Waals surface area contributed by atoms with E-state index >= 15 is 0 Å². The molecular formula is C16H24N2O2. The second kappa shape index (κ2) is 7.29. The molecule has 1 heterocycles.